The van der Waals surface area contributed by atoms with E-state index < -0.39 is 17.6 Å². The van der Waals surface area contributed by atoms with Crippen molar-refractivity contribution in [2.75, 3.05) is 7.11 Å². The molecule has 24 heavy (non-hydrogen) atoms. The van der Waals surface area contributed by atoms with E-state index >= 15 is 0 Å². The number of methoxy groups -OCH3 is 1. The number of hydrogen-bond acceptors (Lipinski definition) is 5. The number of ether oxygens (including phenoxy) is 2. The number of rotatable bonds is 5. The van der Waals surface area contributed by atoms with Crippen molar-refractivity contribution in [3.8, 4) is 5.75 Å². The van der Waals surface area contributed by atoms with Crippen molar-refractivity contribution < 1.29 is 19.1 Å². The predicted molar refractivity (Wildman–Crippen MR) is 93.4 cm³/mol. The Hall–Kier alpha value is -2.34. The summed E-state index contributed by atoms with van der Waals surface area (Å²) in [5.41, 5.74) is 0.152. The van der Waals surface area contributed by atoms with Gasteiger partial charge in [0.15, 0.2) is 0 Å². The fraction of sp³-hybridized carbons (Fsp3) is 0.333. The maximum absolute atomic E-state index is 12.6. The molecule has 1 heterocycles. The Morgan fingerprint density at radius 3 is 2.29 bits per heavy atom. The lowest BCUT2D eigenvalue weighted by atomic mass is 10.0. The van der Waals surface area contributed by atoms with Crippen LogP contribution in [-0.2, 0) is 9.53 Å². The standard InChI is InChI=1S/C18H21NO4S/c1-18(2,3)19-16(20)15(12-7-9-13(22-4)10-8-12)23-17(21)14-6-5-11-24-14/h5-11,15H,1-4H3,(H,19,20)/t15-/m0/s1. The Kier molecular flexibility index (Phi) is 5.62. The molecule has 1 aromatic heterocycles. The second-order valence-electron chi connectivity index (χ2n) is 6.28. The van der Waals surface area contributed by atoms with Crippen molar-refractivity contribution in [3.63, 3.8) is 0 Å². The van der Waals surface area contributed by atoms with E-state index in [1.54, 1.807) is 48.9 Å². The summed E-state index contributed by atoms with van der Waals surface area (Å²) in [6, 6.07) is 10.3. The van der Waals surface area contributed by atoms with Gasteiger partial charge in [-0.25, -0.2) is 4.79 Å². The van der Waals surface area contributed by atoms with Gasteiger partial charge in [0.25, 0.3) is 5.91 Å². The van der Waals surface area contributed by atoms with Crippen molar-refractivity contribution in [1.29, 1.82) is 0 Å². The van der Waals surface area contributed by atoms with E-state index in [2.05, 4.69) is 5.32 Å². The number of carbonyl (C=O) groups excluding carboxylic acids is 2. The summed E-state index contributed by atoms with van der Waals surface area (Å²) in [5.74, 6) is -0.217. The molecular formula is C18H21NO4S. The maximum Gasteiger partial charge on any atom is 0.349 e. The molecule has 0 bridgehead atoms. The molecule has 6 heteroatoms. The molecule has 128 valence electrons. The maximum atomic E-state index is 12.6. The van der Waals surface area contributed by atoms with Gasteiger partial charge in [0.05, 0.1) is 7.11 Å². The zero-order chi connectivity index (χ0) is 17.7. The van der Waals surface area contributed by atoms with Crippen LogP contribution in [0.3, 0.4) is 0 Å². The van der Waals surface area contributed by atoms with E-state index in [-0.39, 0.29) is 5.91 Å². The van der Waals surface area contributed by atoms with E-state index in [9.17, 15) is 9.59 Å². The second kappa shape index (κ2) is 7.49. The molecule has 0 radical (unpaired) electrons. The molecule has 0 fully saturated rings. The number of esters is 1. The third-order valence-electron chi connectivity index (χ3n) is 3.10. The van der Waals surface area contributed by atoms with Crippen LogP contribution in [0.5, 0.6) is 5.75 Å². The van der Waals surface area contributed by atoms with E-state index in [1.807, 2.05) is 20.8 Å². The smallest absolute Gasteiger partial charge is 0.349 e. The van der Waals surface area contributed by atoms with Gasteiger partial charge in [-0.15, -0.1) is 11.3 Å². The molecule has 5 nitrogen and oxygen atoms in total. The van der Waals surface area contributed by atoms with Crippen molar-refractivity contribution >= 4 is 23.2 Å². The van der Waals surface area contributed by atoms with Crippen molar-refractivity contribution in [2.45, 2.75) is 32.4 Å². The number of amides is 1. The minimum absolute atomic E-state index is 0.363. The molecule has 0 saturated heterocycles. The zero-order valence-electron chi connectivity index (χ0n) is 14.2. The summed E-state index contributed by atoms with van der Waals surface area (Å²) in [5, 5.41) is 4.64. The largest absolute Gasteiger partial charge is 0.497 e. The summed E-state index contributed by atoms with van der Waals surface area (Å²) < 4.78 is 10.6. The summed E-state index contributed by atoms with van der Waals surface area (Å²) in [6.07, 6.45) is -1.02. The normalized spacial score (nSPS) is 12.3. The average molecular weight is 347 g/mol. The molecule has 2 rings (SSSR count). The van der Waals surface area contributed by atoms with Gasteiger partial charge in [0, 0.05) is 11.1 Å². The van der Waals surface area contributed by atoms with E-state index in [0.29, 0.717) is 16.2 Å². The van der Waals surface area contributed by atoms with Gasteiger partial charge < -0.3 is 14.8 Å². The van der Waals surface area contributed by atoms with Gasteiger partial charge in [-0.3, -0.25) is 4.79 Å². The number of carbonyl (C=O) groups is 2. The molecule has 0 aliphatic rings. The van der Waals surface area contributed by atoms with Crippen LogP contribution in [-0.4, -0.2) is 24.5 Å². The highest BCUT2D eigenvalue weighted by Gasteiger charge is 2.28. The summed E-state index contributed by atoms with van der Waals surface area (Å²) in [7, 11) is 1.57. The first-order valence-corrected chi connectivity index (χ1v) is 8.38. The van der Waals surface area contributed by atoms with Gasteiger partial charge >= 0.3 is 5.97 Å². The first-order chi connectivity index (χ1) is 11.3. The molecule has 0 aliphatic heterocycles. The third-order valence-corrected chi connectivity index (χ3v) is 3.95. The fourth-order valence-corrected chi connectivity index (χ4v) is 2.65. The monoisotopic (exact) mass is 347 g/mol. The predicted octanol–water partition coefficient (Wildman–Crippen LogP) is 3.57. The number of nitrogens with one attached hydrogen (secondary N) is 1. The SMILES string of the molecule is COc1ccc([C@H](OC(=O)c2cccs2)C(=O)NC(C)(C)C)cc1. The molecule has 2 aromatic rings. The molecule has 1 amide bonds. The van der Waals surface area contributed by atoms with Crippen LogP contribution in [0.15, 0.2) is 41.8 Å². The van der Waals surface area contributed by atoms with Crippen LogP contribution in [0.2, 0.25) is 0 Å². The van der Waals surface area contributed by atoms with E-state index in [0.717, 1.165) is 0 Å². The Bertz CT molecular complexity index is 687. The zero-order valence-corrected chi connectivity index (χ0v) is 15.0. The van der Waals surface area contributed by atoms with E-state index in [1.165, 1.54) is 11.3 Å². The minimum atomic E-state index is -1.02. The highest BCUT2D eigenvalue weighted by Crippen LogP contribution is 2.24. The minimum Gasteiger partial charge on any atom is -0.497 e. The third kappa shape index (κ3) is 4.83. The average Bonchev–Trinajstić information content (AvgIpc) is 3.05. The Morgan fingerprint density at radius 2 is 1.79 bits per heavy atom. The number of hydrogen-bond donors (Lipinski definition) is 1. The summed E-state index contributed by atoms with van der Waals surface area (Å²) in [6.45, 7) is 5.62. The molecule has 0 unspecified atom stereocenters. The number of benzene rings is 1. The van der Waals surface area contributed by atoms with E-state index in [4.69, 9.17) is 9.47 Å². The highest BCUT2D eigenvalue weighted by molar-refractivity contribution is 7.11. The Labute approximate surface area is 145 Å². The van der Waals surface area contributed by atoms with Gasteiger partial charge in [-0.2, -0.15) is 0 Å². The van der Waals surface area contributed by atoms with Crippen LogP contribution in [0, 0.1) is 0 Å². The molecular weight excluding hydrogens is 326 g/mol. The molecule has 1 N–H and O–H groups in total. The quantitative estimate of drug-likeness (QED) is 0.840. The summed E-state index contributed by atoms with van der Waals surface area (Å²) in [4.78, 5) is 25.3. The second-order valence-corrected chi connectivity index (χ2v) is 7.22. The van der Waals surface area contributed by atoms with Gasteiger partial charge in [-0.1, -0.05) is 18.2 Å². The van der Waals surface area contributed by atoms with Gasteiger partial charge in [0.1, 0.15) is 10.6 Å². The van der Waals surface area contributed by atoms with Crippen molar-refractivity contribution in [3.05, 3.63) is 52.2 Å². The van der Waals surface area contributed by atoms with Gasteiger partial charge in [0.2, 0.25) is 6.10 Å². The van der Waals surface area contributed by atoms with Crippen LogP contribution in [0.25, 0.3) is 0 Å². The van der Waals surface area contributed by atoms with Crippen molar-refractivity contribution in [2.24, 2.45) is 0 Å². The molecule has 1 atom stereocenters. The lowest BCUT2D eigenvalue weighted by molar-refractivity contribution is -0.131. The Balaban J connectivity index is 2.26. The van der Waals surface area contributed by atoms with Crippen LogP contribution >= 0.6 is 11.3 Å². The first kappa shape index (κ1) is 18.0. The number of thiophene rings is 1. The van der Waals surface area contributed by atoms with Crippen molar-refractivity contribution in [1.82, 2.24) is 5.32 Å². The molecule has 1 aromatic carbocycles. The molecule has 0 spiro atoms. The highest BCUT2D eigenvalue weighted by atomic mass is 32.1. The molecule has 0 aliphatic carbocycles. The lowest BCUT2D eigenvalue weighted by Crippen LogP contribution is -2.44. The van der Waals surface area contributed by atoms with Gasteiger partial charge in [-0.05, 0) is 44.4 Å². The summed E-state index contributed by atoms with van der Waals surface area (Å²) >= 11 is 1.27. The lowest BCUT2D eigenvalue weighted by Gasteiger charge is -2.25. The fourth-order valence-electron chi connectivity index (χ4n) is 2.05. The van der Waals surface area contributed by atoms with Crippen LogP contribution < -0.4 is 10.1 Å². The van der Waals surface area contributed by atoms with Crippen LogP contribution in [0.4, 0.5) is 0 Å². The van der Waals surface area contributed by atoms with Crippen LogP contribution in [0.1, 0.15) is 42.1 Å². The Morgan fingerprint density at radius 1 is 1.12 bits per heavy atom. The topological polar surface area (TPSA) is 64.6 Å². The molecule has 0 saturated carbocycles. The first-order valence-electron chi connectivity index (χ1n) is 7.50.